The third-order valence-corrected chi connectivity index (χ3v) is 2.65. The van der Waals surface area contributed by atoms with E-state index in [1.54, 1.807) is 18.2 Å². The van der Waals surface area contributed by atoms with Gasteiger partial charge >= 0.3 is 0 Å². The van der Waals surface area contributed by atoms with E-state index >= 15 is 0 Å². The van der Waals surface area contributed by atoms with Gasteiger partial charge in [-0.2, -0.15) is 0 Å². The first-order chi connectivity index (χ1) is 9.09. The van der Waals surface area contributed by atoms with Gasteiger partial charge in [-0.25, -0.2) is 4.39 Å². The first-order valence-electron chi connectivity index (χ1n) is 6.45. The summed E-state index contributed by atoms with van der Waals surface area (Å²) >= 11 is 0. The lowest BCUT2D eigenvalue weighted by Gasteiger charge is -2.08. The SMILES string of the molecule is CN(C)CCCCNC(=O)/C=C/c1ccccc1F. The highest BCUT2D eigenvalue weighted by Crippen LogP contribution is 2.07. The third kappa shape index (κ3) is 6.72. The number of benzene rings is 1. The second-order valence-corrected chi connectivity index (χ2v) is 4.66. The Kier molecular flexibility index (Phi) is 6.82. The smallest absolute Gasteiger partial charge is 0.244 e. The van der Waals surface area contributed by atoms with Crippen LogP contribution in [0.25, 0.3) is 6.08 Å². The summed E-state index contributed by atoms with van der Waals surface area (Å²) < 4.78 is 13.3. The van der Waals surface area contributed by atoms with Gasteiger partial charge in [-0.05, 0) is 45.6 Å². The van der Waals surface area contributed by atoms with Crippen molar-refractivity contribution in [2.24, 2.45) is 0 Å². The molecule has 0 unspecified atom stereocenters. The van der Waals surface area contributed by atoms with Crippen molar-refractivity contribution in [2.45, 2.75) is 12.8 Å². The first-order valence-corrected chi connectivity index (χ1v) is 6.45. The molecule has 0 radical (unpaired) electrons. The van der Waals surface area contributed by atoms with Crippen LogP contribution >= 0.6 is 0 Å². The average molecular weight is 264 g/mol. The number of unbranched alkanes of at least 4 members (excludes halogenated alkanes) is 1. The average Bonchev–Trinajstić information content (AvgIpc) is 2.37. The minimum atomic E-state index is -0.322. The molecule has 0 bridgehead atoms. The number of carbonyl (C=O) groups excluding carboxylic acids is 1. The molecule has 104 valence electrons. The maximum atomic E-state index is 13.3. The second-order valence-electron chi connectivity index (χ2n) is 4.66. The molecule has 1 aromatic rings. The molecular weight excluding hydrogens is 243 g/mol. The lowest BCUT2D eigenvalue weighted by atomic mass is 10.2. The molecule has 0 atom stereocenters. The Morgan fingerprint density at radius 1 is 1.32 bits per heavy atom. The van der Waals surface area contributed by atoms with Crippen LogP contribution in [0.5, 0.6) is 0 Å². The number of nitrogens with zero attached hydrogens (tertiary/aromatic N) is 1. The van der Waals surface area contributed by atoms with Crippen LogP contribution in [-0.4, -0.2) is 38.0 Å². The van der Waals surface area contributed by atoms with E-state index in [0.717, 1.165) is 19.4 Å². The van der Waals surface area contributed by atoms with Crippen LogP contribution in [0, 0.1) is 5.82 Å². The zero-order valence-electron chi connectivity index (χ0n) is 11.5. The Balaban J connectivity index is 2.26. The zero-order valence-corrected chi connectivity index (χ0v) is 11.5. The van der Waals surface area contributed by atoms with Crippen molar-refractivity contribution < 1.29 is 9.18 Å². The van der Waals surface area contributed by atoms with Crippen molar-refractivity contribution in [1.82, 2.24) is 10.2 Å². The summed E-state index contributed by atoms with van der Waals surface area (Å²) in [5.74, 6) is -0.509. The molecule has 1 amide bonds. The molecule has 0 saturated heterocycles. The summed E-state index contributed by atoms with van der Waals surface area (Å²) in [6, 6.07) is 6.37. The van der Waals surface area contributed by atoms with Crippen LogP contribution in [0.2, 0.25) is 0 Å². The highest BCUT2D eigenvalue weighted by atomic mass is 19.1. The Morgan fingerprint density at radius 3 is 2.74 bits per heavy atom. The van der Waals surface area contributed by atoms with E-state index in [0.29, 0.717) is 12.1 Å². The van der Waals surface area contributed by atoms with Gasteiger partial charge in [0, 0.05) is 18.2 Å². The molecule has 0 heterocycles. The number of halogens is 1. The number of hydrogen-bond acceptors (Lipinski definition) is 2. The third-order valence-electron chi connectivity index (χ3n) is 2.65. The molecule has 19 heavy (non-hydrogen) atoms. The Hall–Kier alpha value is -1.68. The number of amides is 1. The summed E-state index contributed by atoms with van der Waals surface area (Å²) in [6.45, 7) is 1.66. The fraction of sp³-hybridized carbons (Fsp3) is 0.400. The molecule has 1 N–H and O–H groups in total. The quantitative estimate of drug-likeness (QED) is 0.605. The van der Waals surface area contributed by atoms with E-state index in [-0.39, 0.29) is 11.7 Å². The lowest BCUT2D eigenvalue weighted by Crippen LogP contribution is -2.23. The predicted octanol–water partition coefficient (Wildman–Crippen LogP) is 2.30. The number of hydrogen-bond donors (Lipinski definition) is 1. The maximum absolute atomic E-state index is 13.3. The molecule has 0 aliphatic heterocycles. The molecule has 0 fully saturated rings. The predicted molar refractivity (Wildman–Crippen MR) is 76.2 cm³/mol. The molecule has 0 aliphatic carbocycles. The van der Waals surface area contributed by atoms with Crippen molar-refractivity contribution >= 4 is 12.0 Å². The van der Waals surface area contributed by atoms with Crippen LogP contribution in [0.15, 0.2) is 30.3 Å². The molecule has 3 nitrogen and oxygen atoms in total. The van der Waals surface area contributed by atoms with Gasteiger partial charge in [0.05, 0.1) is 0 Å². The number of nitrogens with one attached hydrogen (secondary N) is 1. The lowest BCUT2D eigenvalue weighted by molar-refractivity contribution is -0.116. The van der Waals surface area contributed by atoms with E-state index in [1.165, 1.54) is 18.2 Å². The van der Waals surface area contributed by atoms with E-state index in [1.807, 2.05) is 14.1 Å². The van der Waals surface area contributed by atoms with Gasteiger partial charge in [0.15, 0.2) is 0 Å². The van der Waals surface area contributed by atoms with E-state index < -0.39 is 0 Å². The highest BCUT2D eigenvalue weighted by molar-refractivity contribution is 5.91. The molecule has 0 saturated carbocycles. The standard InChI is InChI=1S/C15H21FN2O/c1-18(2)12-6-5-11-17-15(19)10-9-13-7-3-4-8-14(13)16/h3-4,7-10H,5-6,11-12H2,1-2H3,(H,17,19)/b10-9+. The summed E-state index contributed by atoms with van der Waals surface area (Å²) in [6.07, 6.45) is 4.84. The van der Waals surface area contributed by atoms with Gasteiger partial charge in [-0.15, -0.1) is 0 Å². The molecule has 0 aliphatic rings. The fourth-order valence-electron chi connectivity index (χ4n) is 1.60. The molecule has 0 spiro atoms. The van der Waals surface area contributed by atoms with Crippen LogP contribution < -0.4 is 5.32 Å². The van der Waals surface area contributed by atoms with Crippen molar-refractivity contribution in [3.63, 3.8) is 0 Å². The van der Waals surface area contributed by atoms with Gasteiger partial charge in [0.1, 0.15) is 5.82 Å². The van der Waals surface area contributed by atoms with Gasteiger partial charge in [0.2, 0.25) is 5.91 Å². The van der Waals surface area contributed by atoms with Gasteiger partial charge < -0.3 is 10.2 Å². The van der Waals surface area contributed by atoms with Crippen molar-refractivity contribution in [2.75, 3.05) is 27.2 Å². The minimum absolute atomic E-state index is 0.187. The van der Waals surface area contributed by atoms with Gasteiger partial charge in [0.25, 0.3) is 0 Å². The van der Waals surface area contributed by atoms with E-state index in [9.17, 15) is 9.18 Å². The van der Waals surface area contributed by atoms with E-state index in [4.69, 9.17) is 0 Å². The first kappa shape index (κ1) is 15.4. The molecule has 1 rings (SSSR count). The van der Waals surface area contributed by atoms with Crippen LogP contribution in [-0.2, 0) is 4.79 Å². The number of carbonyl (C=O) groups is 1. The van der Waals surface area contributed by atoms with E-state index in [2.05, 4.69) is 10.2 Å². The van der Waals surface area contributed by atoms with Crippen LogP contribution in [0.3, 0.4) is 0 Å². The molecule has 1 aromatic carbocycles. The van der Waals surface area contributed by atoms with Crippen molar-refractivity contribution in [1.29, 1.82) is 0 Å². The maximum Gasteiger partial charge on any atom is 0.244 e. The molecule has 0 aromatic heterocycles. The Morgan fingerprint density at radius 2 is 2.05 bits per heavy atom. The summed E-state index contributed by atoms with van der Waals surface area (Å²) in [4.78, 5) is 13.6. The summed E-state index contributed by atoms with van der Waals surface area (Å²) in [5.41, 5.74) is 0.422. The largest absolute Gasteiger partial charge is 0.353 e. The van der Waals surface area contributed by atoms with Crippen LogP contribution in [0.4, 0.5) is 4.39 Å². The van der Waals surface area contributed by atoms with Gasteiger partial charge in [-0.3, -0.25) is 4.79 Å². The Labute approximate surface area is 114 Å². The zero-order chi connectivity index (χ0) is 14.1. The Bertz CT molecular complexity index is 430. The second kappa shape index (κ2) is 8.43. The fourth-order valence-corrected chi connectivity index (χ4v) is 1.60. The summed E-state index contributed by atoms with van der Waals surface area (Å²) in [5, 5.41) is 2.78. The molecular formula is C15H21FN2O. The minimum Gasteiger partial charge on any atom is -0.353 e. The number of rotatable bonds is 7. The topological polar surface area (TPSA) is 32.3 Å². The normalized spacial score (nSPS) is 11.2. The monoisotopic (exact) mass is 264 g/mol. The summed E-state index contributed by atoms with van der Waals surface area (Å²) in [7, 11) is 4.05. The van der Waals surface area contributed by atoms with Crippen LogP contribution in [0.1, 0.15) is 18.4 Å². The van der Waals surface area contributed by atoms with Gasteiger partial charge in [-0.1, -0.05) is 18.2 Å². The highest BCUT2D eigenvalue weighted by Gasteiger charge is 1.98. The van der Waals surface area contributed by atoms with Crippen molar-refractivity contribution in [3.8, 4) is 0 Å². The molecule has 4 heteroatoms. The van der Waals surface area contributed by atoms with Crippen molar-refractivity contribution in [3.05, 3.63) is 41.7 Å².